The zero-order valence-corrected chi connectivity index (χ0v) is 11.8. The van der Waals surface area contributed by atoms with Gasteiger partial charge in [0, 0.05) is 18.5 Å². The molecule has 1 aliphatic rings. The molecule has 0 radical (unpaired) electrons. The maximum Gasteiger partial charge on any atom is 0.251 e. The Balaban J connectivity index is 1.88. The average Bonchev–Trinajstić information content (AvgIpc) is 2.90. The molecule has 20 heavy (non-hydrogen) atoms. The number of oxazole rings is 1. The summed E-state index contributed by atoms with van der Waals surface area (Å²) in [6.07, 6.45) is 2.15. The number of likely N-dealkylation sites (tertiary alicyclic amines) is 1. The van der Waals surface area contributed by atoms with Crippen molar-refractivity contribution in [3.05, 3.63) is 29.7 Å². The van der Waals surface area contributed by atoms with Gasteiger partial charge in [-0.1, -0.05) is 0 Å². The van der Waals surface area contributed by atoms with Crippen LogP contribution in [0.3, 0.4) is 0 Å². The summed E-state index contributed by atoms with van der Waals surface area (Å²) in [6.45, 7) is 2.15. The molecule has 0 bridgehead atoms. The van der Waals surface area contributed by atoms with Gasteiger partial charge in [0.25, 0.3) is 5.91 Å². The summed E-state index contributed by atoms with van der Waals surface area (Å²) in [5, 5.41) is 2.62. The number of carbonyl (C=O) groups excluding carboxylic acids is 1. The molecule has 0 unspecified atom stereocenters. The molecule has 1 aromatic carbocycles. The number of nitrogens with zero attached hydrogens (tertiary/aromatic N) is 2. The van der Waals surface area contributed by atoms with E-state index in [2.05, 4.69) is 22.2 Å². The summed E-state index contributed by atoms with van der Waals surface area (Å²) in [6, 6.07) is 5.38. The van der Waals surface area contributed by atoms with E-state index < -0.39 is 0 Å². The highest BCUT2D eigenvalue weighted by molar-refractivity contribution is 5.96. The number of piperidine rings is 1. The first-order chi connectivity index (χ1) is 9.67. The van der Waals surface area contributed by atoms with Crippen molar-refractivity contribution < 1.29 is 9.21 Å². The molecule has 5 nitrogen and oxygen atoms in total. The van der Waals surface area contributed by atoms with Crippen LogP contribution in [-0.2, 0) is 0 Å². The number of benzene rings is 1. The largest absolute Gasteiger partial charge is 0.440 e. The smallest absolute Gasteiger partial charge is 0.251 e. The quantitative estimate of drug-likeness (QED) is 0.909. The van der Waals surface area contributed by atoms with Gasteiger partial charge in [-0.15, -0.1) is 0 Å². The third kappa shape index (κ3) is 2.41. The highest BCUT2D eigenvalue weighted by Crippen LogP contribution is 2.29. The number of carbonyl (C=O) groups is 1. The lowest BCUT2D eigenvalue weighted by Gasteiger charge is -2.26. The highest BCUT2D eigenvalue weighted by Gasteiger charge is 2.23. The van der Waals surface area contributed by atoms with E-state index in [1.807, 2.05) is 6.07 Å². The lowest BCUT2D eigenvalue weighted by atomic mass is 9.97. The molecule has 2 heterocycles. The lowest BCUT2D eigenvalue weighted by Crippen LogP contribution is -2.29. The molecule has 106 valence electrons. The van der Waals surface area contributed by atoms with Crippen LogP contribution in [0.25, 0.3) is 11.1 Å². The van der Waals surface area contributed by atoms with Crippen molar-refractivity contribution in [1.29, 1.82) is 0 Å². The zero-order valence-electron chi connectivity index (χ0n) is 11.8. The Hall–Kier alpha value is -1.88. The first-order valence-corrected chi connectivity index (χ1v) is 6.98. The van der Waals surface area contributed by atoms with Crippen molar-refractivity contribution in [1.82, 2.24) is 15.2 Å². The lowest BCUT2D eigenvalue weighted by molar-refractivity contribution is 0.0963. The maximum absolute atomic E-state index is 11.6. The first kappa shape index (κ1) is 13.1. The fraction of sp³-hybridized carbons (Fsp3) is 0.467. The van der Waals surface area contributed by atoms with Crippen molar-refractivity contribution in [2.45, 2.75) is 18.8 Å². The third-order valence-electron chi connectivity index (χ3n) is 3.96. The Labute approximate surface area is 118 Å². The number of amides is 1. The van der Waals surface area contributed by atoms with Gasteiger partial charge in [0.1, 0.15) is 5.52 Å². The van der Waals surface area contributed by atoms with Gasteiger partial charge < -0.3 is 14.6 Å². The SMILES string of the molecule is CNC(=O)c1ccc2oc(C3CCN(C)CC3)nc2c1. The number of hydrogen-bond donors (Lipinski definition) is 1. The monoisotopic (exact) mass is 273 g/mol. The minimum Gasteiger partial charge on any atom is -0.440 e. The minimum atomic E-state index is -0.101. The van der Waals surface area contributed by atoms with Crippen LogP contribution >= 0.6 is 0 Å². The van der Waals surface area contributed by atoms with Crippen LogP contribution in [0, 0.1) is 0 Å². The van der Waals surface area contributed by atoms with Crippen molar-refractivity contribution >= 4 is 17.0 Å². The van der Waals surface area contributed by atoms with E-state index in [0.29, 0.717) is 11.5 Å². The van der Waals surface area contributed by atoms with E-state index in [0.717, 1.165) is 42.9 Å². The fourth-order valence-electron chi connectivity index (χ4n) is 2.66. The average molecular weight is 273 g/mol. The van der Waals surface area contributed by atoms with Crippen molar-refractivity contribution in [3.63, 3.8) is 0 Å². The summed E-state index contributed by atoms with van der Waals surface area (Å²) < 4.78 is 5.85. The Morgan fingerprint density at radius 1 is 1.40 bits per heavy atom. The van der Waals surface area contributed by atoms with Crippen LogP contribution in [0.15, 0.2) is 22.6 Å². The summed E-state index contributed by atoms with van der Waals surface area (Å²) in [5.74, 6) is 1.10. The summed E-state index contributed by atoms with van der Waals surface area (Å²) in [4.78, 5) is 18.5. The number of fused-ring (bicyclic) bond motifs is 1. The fourth-order valence-corrected chi connectivity index (χ4v) is 2.66. The molecule has 1 fully saturated rings. The van der Waals surface area contributed by atoms with Gasteiger partial charge >= 0.3 is 0 Å². The van der Waals surface area contributed by atoms with Gasteiger partial charge in [-0.25, -0.2) is 4.98 Å². The van der Waals surface area contributed by atoms with Crippen LogP contribution in [0.1, 0.15) is 35.0 Å². The van der Waals surface area contributed by atoms with Crippen LogP contribution in [-0.4, -0.2) is 43.0 Å². The molecule has 0 atom stereocenters. The summed E-state index contributed by atoms with van der Waals surface area (Å²) in [7, 11) is 3.76. The second-order valence-corrected chi connectivity index (χ2v) is 5.39. The Morgan fingerprint density at radius 2 is 2.15 bits per heavy atom. The number of aromatic nitrogens is 1. The van der Waals surface area contributed by atoms with Gasteiger partial charge in [0.05, 0.1) is 0 Å². The normalized spacial score (nSPS) is 17.5. The molecule has 1 N–H and O–H groups in total. The standard InChI is InChI=1S/C15H19N3O2/c1-16-14(19)11-3-4-13-12(9-11)17-15(20-13)10-5-7-18(2)8-6-10/h3-4,9-10H,5-8H2,1-2H3,(H,16,19). The number of nitrogens with one attached hydrogen (secondary N) is 1. The van der Waals surface area contributed by atoms with E-state index >= 15 is 0 Å². The van der Waals surface area contributed by atoms with Crippen LogP contribution < -0.4 is 5.32 Å². The van der Waals surface area contributed by atoms with Crippen molar-refractivity contribution in [3.8, 4) is 0 Å². The van der Waals surface area contributed by atoms with E-state index in [-0.39, 0.29) is 5.91 Å². The topological polar surface area (TPSA) is 58.4 Å². The molecule has 1 aromatic heterocycles. The minimum absolute atomic E-state index is 0.101. The second-order valence-electron chi connectivity index (χ2n) is 5.39. The Morgan fingerprint density at radius 3 is 2.85 bits per heavy atom. The molecule has 0 spiro atoms. The molecule has 1 saturated heterocycles. The summed E-state index contributed by atoms with van der Waals surface area (Å²) in [5.41, 5.74) is 2.13. The van der Waals surface area contributed by atoms with Gasteiger partial charge in [0.2, 0.25) is 0 Å². The highest BCUT2D eigenvalue weighted by atomic mass is 16.3. The molecule has 1 amide bonds. The van der Waals surface area contributed by atoms with Crippen molar-refractivity contribution in [2.24, 2.45) is 0 Å². The number of hydrogen-bond acceptors (Lipinski definition) is 4. The third-order valence-corrected chi connectivity index (χ3v) is 3.96. The van der Waals surface area contributed by atoms with Gasteiger partial charge in [-0.2, -0.15) is 0 Å². The van der Waals surface area contributed by atoms with Crippen LogP contribution in [0.5, 0.6) is 0 Å². The Bertz CT molecular complexity index is 627. The van der Waals surface area contributed by atoms with E-state index in [1.54, 1.807) is 19.2 Å². The molecule has 3 rings (SSSR count). The molecule has 5 heteroatoms. The molecule has 0 saturated carbocycles. The van der Waals surface area contributed by atoms with Crippen molar-refractivity contribution in [2.75, 3.05) is 27.2 Å². The van der Waals surface area contributed by atoms with E-state index in [4.69, 9.17) is 4.42 Å². The first-order valence-electron chi connectivity index (χ1n) is 6.98. The predicted octanol–water partition coefficient (Wildman–Crippen LogP) is 2.00. The van der Waals surface area contributed by atoms with E-state index in [1.165, 1.54) is 0 Å². The number of rotatable bonds is 2. The second kappa shape index (κ2) is 5.25. The molecule has 0 aliphatic carbocycles. The van der Waals surface area contributed by atoms with Gasteiger partial charge in [0.15, 0.2) is 11.5 Å². The van der Waals surface area contributed by atoms with Crippen LogP contribution in [0.4, 0.5) is 0 Å². The zero-order chi connectivity index (χ0) is 14.1. The molecular weight excluding hydrogens is 254 g/mol. The molecule has 1 aliphatic heterocycles. The molecule has 2 aromatic rings. The van der Waals surface area contributed by atoms with Crippen LogP contribution in [0.2, 0.25) is 0 Å². The Kier molecular flexibility index (Phi) is 3.44. The maximum atomic E-state index is 11.6. The summed E-state index contributed by atoms with van der Waals surface area (Å²) >= 11 is 0. The predicted molar refractivity (Wildman–Crippen MR) is 76.9 cm³/mol. The molecular formula is C15H19N3O2. The van der Waals surface area contributed by atoms with Gasteiger partial charge in [-0.05, 0) is 51.2 Å². The van der Waals surface area contributed by atoms with E-state index in [9.17, 15) is 4.79 Å². The van der Waals surface area contributed by atoms with Gasteiger partial charge in [-0.3, -0.25) is 4.79 Å².